The molecule has 31 heavy (non-hydrogen) atoms. The van der Waals surface area contributed by atoms with Gasteiger partial charge in [-0.05, 0) is 62.4 Å². The summed E-state index contributed by atoms with van der Waals surface area (Å²) >= 11 is 1.17. The lowest BCUT2D eigenvalue weighted by atomic mass is 10.00. The summed E-state index contributed by atoms with van der Waals surface area (Å²) in [5.41, 5.74) is 0.656. The Kier molecular flexibility index (Phi) is 7.34. The molecule has 1 aromatic carbocycles. The number of anilines is 1. The molecule has 2 amide bonds. The lowest BCUT2D eigenvalue weighted by Gasteiger charge is -2.30. The van der Waals surface area contributed by atoms with Crippen LogP contribution in [0.25, 0.3) is 0 Å². The third kappa shape index (κ3) is 5.63. The number of carbonyl (C=O) groups is 2. The molecule has 0 aliphatic carbocycles. The third-order valence-electron chi connectivity index (χ3n) is 4.97. The molecule has 1 saturated heterocycles. The molecule has 0 bridgehead atoms. The second kappa shape index (κ2) is 9.80. The van der Waals surface area contributed by atoms with Crippen molar-refractivity contribution >= 4 is 39.0 Å². The number of esters is 1. The topological polar surface area (TPSA) is 96.0 Å². The highest BCUT2D eigenvalue weighted by molar-refractivity contribution is 7.91. The van der Waals surface area contributed by atoms with Gasteiger partial charge in [-0.1, -0.05) is 6.07 Å². The number of urea groups is 1. The molecular formula is C21H27N3O5S2. The van der Waals surface area contributed by atoms with Gasteiger partial charge in [0.2, 0.25) is 0 Å². The molecule has 1 N–H and O–H groups in total. The maximum absolute atomic E-state index is 12.7. The number of amides is 2. The molecule has 1 aliphatic rings. The van der Waals surface area contributed by atoms with Crippen molar-refractivity contribution in [3.05, 3.63) is 41.8 Å². The highest BCUT2D eigenvalue weighted by atomic mass is 32.2. The summed E-state index contributed by atoms with van der Waals surface area (Å²) in [7, 11) is -1.93. The van der Waals surface area contributed by atoms with Crippen LogP contribution < -0.4 is 15.0 Å². The number of ether oxygens (including phenoxy) is 1. The van der Waals surface area contributed by atoms with Crippen LogP contribution in [0.4, 0.5) is 10.5 Å². The molecule has 8 nitrogen and oxygen atoms in total. The van der Waals surface area contributed by atoms with Crippen LogP contribution in [0.3, 0.4) is 0 Å². The molecule has 1 atom stereocenters. The van der Waals surface area contributed by atoms with Gasteiger partial charge in [0, 0.05) is 31.9 Å². The number of hydrogen-bond acceptors (Lipinski definition) is 6. The van der Waals surface area contributed by atoms with Gasteiger partial charge in [0.05, 0.1) is 5.92 Å². The molecule has 2 heterocycles. The Balaban J connectivity index is 1.61. The van der Waals surface area contributed by atoms with Crippen molar-refractivity contribution < 1.29 is 22.7 Å². The molecule has 1 fully saturated rings. The van der Waals surface area contributed by atoms with Gasteiger partial charge in [0.15, 0.2) is 0 Å². The standard InChI is InChI=1S/C21H27N3O5S2/c1-15(2)22-21(26)23(3)17-8-10-18(11-9-17)29-20(25)16-6-4-12-24(14-16)31(27,28)19-7-5-13-30-19/h5,7-11,13,15-16H,4,6,12,14H2,1-3H3,(H,22,26). The van der Waals surface area contributed by atoms with E-state index in [-0.39, 0.29) is 22.8 Å². The molecular weight excluding hydrogens is 438 g/mol. The molecule has 0 spiro atoms. The first-order valence-electron chi connectivity index (χ1n) is 10.1. The van der Waals surface area contributed by atoms with E-state index in [1.165, 1.54) is 20.5 Å². The Morgan fingerprint density at radius 3 is 2.55 bits per heavy atom. The molecule has 168 valence electrons. The van der Waals surface area contributed by atoms with E-state index in [1.54, 1.807) is 48.8 Å². The highest BCUT2D eigenvalue weighted by Crippen LogP contribution is 2.27. The van der Waals surface area contributed by atoms with E-state index in [9.17, 15) is 18.0 Å². The normalized spacial score (nSPS) is 17.4. The first-order chi connectivity index (χ1) is 14.7. The van der Waals surface area contributed by atoms with Crippen LogP contribution in [0.1, 0.15) is 26.7 Å². The maximum atomic E-state index is 12.7. The minimum atomic E-state index is -3.59. The van der Waals surface area contributed by atoms with Gasteiger partial charge in [-0.15, -0.1) is 11.3 Å². The SMILES string of the molecule is CC(C)NC(=O)N(C)c1ccc(OC(=O)C2CCCN(S(=O)(=O)c3cccs3)C2)cc1. The Morgan fingerprint density at radius 1 is 1.23 bits per heavy atom. The minimum Gasteiger partial charge on any atom is -0.426 e. The van der Waals surface area contributed by atoms with E-state index in [4.69, 9.17) is 4.74 Å². The van der Waals surface area contributed by atoms with Gasteiger partial charge in [-0.25, -0.2) is 13.2 Å². The Labute approximate surface area is 186 Å². The lowest BCUT2D eigenvalue weighted by molar-refractivity contribution is -0.140. The van der Waals surface area contributed by atoms with Crippen molar-refractivity contribution in [2.24, 2.45) is 5.92 Å². The third-order valence-corrected chi connectivity index (χ3v) is 8.20. The minimum absolute atomic E-state index is 0.0221. The number of hydrogen-bond donors (Lipinski definition) is 1. The van der Waals surface area contributed by atoms with Gasteiger partial charge < -0.3 is 10.1 Å². The van der Waals surface area contributed by atoms with E-state index in [0.717, 1.165) is 0 Å². The zero-order valence-electron chi connectivity index (χ0n) is 17.8. The molecule has 0 saturated carbocycles. The summed E-state index contributed by atoms with van der Waals surface area (Å²) in [5, 5.41) is 4.52. The van der Waals surface area contributed by atoms with Gasteiger partial charge in [0.1, 0.15) is 9.96 Å². The summed E-state index contributed by atoms with van der Waals surface area (Å²) in [5.74, 6) is -0.628. The predicted molar refractivity (Wildman–Crippen MR) is 120 cm³/mol. The second-order valence-electron chi connectivity index (χ2n) is 7.71. The fourth-order valence-electron chi connectivity index (χ4n) is 3.29. The molecule has 3 rings (SSSR count). The molecule has 2 aromatic rings. The Bertz CT molecular complexity index is 1000. The zero-order valence-corrected chi connectivity index (χ0v) is 19.4. The maximum Gasteiger partial charge on any atom is 0.321 e. The van der Waals surface area contributed by atoms with E-state index in [1.807, 2.05) is 13.8 Å². The number of piperidine rings is 1. The van der Waals surface area contributed by atoms with Gasteiger partial charge in [0.25, 0.3) is 10.0 Å². The summed E-state index contributed by atoms with van der Waals surface area (Å²) in [6.07, 6.45) is 1.17. The van der Waals surface area contributed by atoms with E-state index in [2.05, 4.69) is 5.32 Å². The van der Waals surface area contributed by atoms with Crippen molar-refractivity contribution in [3.8, 4) is 5.75 Å². The molecule has 1 aliphatic heterocycles. The zero-order chi connectivity index (χ0) is 22.6. The van der Waals surface area contributed by atoms with Crippen LogP contribution in [-0.2, 0) is 14.8 Å². The van der Waals surface area contributed by atoms with Crippen molar-refractivity contribution in [1.29, 1.82) is 0 Å². The van der Waals surface area contributed by atoms with E-state index >= 15 is 0 Å². The summed E-state index contributed by atoms with van der Waals surface area (Å²) < 4.78 is 32.6. The largest absolute Gasteiger partial charge is 0.426 e. The quantitative estimate of drug-likeness (QED) is 0.522. The van der Waals surface area contributed by atoms with E-state index in [0.29, 0.717) is 30.8 Å². The second-order valence-corrected chi connectivity index (χ2v) is 10.8. The van der Waals surface area contributed by atoms with Crippen LogP contribution in [0, 0.1) is 5.92 Å². The van der Waals surface area contributed by atoms with Gasteiger partial charge >= 0.3 is 12.0 Å². The molecule has 1 unspecified atom stereocenters. The average molecular weight is 466 g/mol. The van der Waals surface area contributed by atoms with Crippen LogP contribution in [-0.4, -0.2) is 50.9 Å². The van der Waals surface area contributed by atoms with E-state index < -0.39 is 21.9 Å². The van der Waals surface area contributed by atoms with Gasteiger partial charge in [-0.3, -0.25) is 9.69 Å². The number of carbonyl (C=O) groups excluding carboxylic acids is 2. The smallest absolute Gasteiger partial charge is 0.321 e. The highest BCUT2D eigenvalue weighted by Gasteiger charge is 2.34. The van der Waals surface area contributed by atoms with Crippen LogP contribution in [0.5, 0.6) is 5.75 Å². The summed E-state index contributed by atoms with van der Waals surface area (Å²) in [6, 6.07) is 9.68. The monoisotopic (exact) mass is 465 g/mol. The fourth-order valence-corrected chi connectivity index (χ4v) is 5.96. The van der Waals surface area contributed by atoms with Crippen molar-refractivity contribution in [1.82, 2.24) is 9.62 Å². The van der Waals surface area contributed by atoms with Crippen LogP contribution in [0.2, 0.25) is 0 Å². The molecule has 0 radical (unpaired) electrons. The first kappa shape index (κ1) is 23.2. The first-order valence-corrected chi connectivity index (χ1v) is 12.4. The average Bonchev–Trinajstić information content (AvgIpc) is 3.29. The summed E-state index contributed by atoms with van der Waals surface area (Å²) in [6.45, 7) is 4.26. The fraction of sp³-hybridized carbons (Fsp3) is 0.429. The Morgan fingerprint density at radius 2 is 1.94 bits per heavy atom. The lowest BCUT2D eigenvalue weighted by Crippen LogP contribution is -2.43. The van der Waals surface area contributed by atoms with Crippen molar-refractivity contribution in [2.75, 3.05) is 25.0 Å². The number of thiophene rings is 1. The van der Waals surface area contributed by atoms with Gasteiger partial charge in [-0.2, -0.15) is 4.31 Å². The predicted octanol–water partition coefficient (Wildman–Crippen LogP) is 3.31. The van der Waals surface area contributed by atoms with Crippen LogP contribution >= 0.6 is 11.3 Å². The Hall–Kier alpha value is -2.43. The molecule has 1 aromatic heterocycles. The number of nitrogens with one attached hydrogen (secondary N) is 1. The number of benzene rings is 1. The van der Waals surface area contributed by atoms with Crippen molar-refractivity contribution in [3.63, 3.8) is 0 Å². The molecule has 10 heteroatoms. The van der Waals surface area contributed by atoms with Crippen molar-refractivity contribution in [2.45, 2.75) is 36.9 Å². The summed E-state index contributed by atoms with van der Waals surface area (Å²) in [4.78, 5) is 26.2. The number of sulfonamides is 1. The number of rotatable bonds is 6. The van der Waals surface area contributed by atoms with Crippen LogP contribution in [0.15, 0.2) is 46.0 Å². The number of nitrogens with zero attached hydrogens (tertiary/aromatic N) is 2.